The Labute approximate surface area is 192 Å². The molecule has 1 amide bonds. The first-order chi connectivity index (χ1) is 15.6. The molecule has 0 saturated carbocycles. The minimum absolute atomic E-state index is 0.154. The van der Waals surface area contributed by atoms with Gasteiger partial charge in [0.1, 0.15) is 5.41 Å². The Bertz CT molecular complexity index is 1030. The fraction of sp³-hybridized carbons (Fsp3) is 0.321. The summed E-state index contributed by atoms with van der Waals surface area (Å²) >= 11 is 0. The molecule has 0 radical (unpaired) electrons. The van der Waals surface area contributed by atoms with E-state index in [-0.39, 0.29) is 5.91 Å². The van der Waals surface area contributed by atoms with E-state index >= 15 is 0 Å². The molecule has 0 spiro atoms. The van der Waals surface area contributed by atoms with Crippen molar-refractivity contribution in [3.05, 3.63) is 102 Å². The molecular formula is C28H33N3O. The van der Waals surface area contributed by atoms with Gasteiger partial charge in [-0.1, -0.05) is 85.8 Å². The van der Waals surface area contributed by atoms with Crippen LogP contribution in [0, 0.1) is 0 Å². The van der Waals surface area contributed by atoms with Crippen LogP contribution in [0.5, 0.6) is 0 Å². The van der Waals surface area contributed by atoms with E-state index < -0.39 is 5.41 Å². The molecule has 1 atom stereocenters. The molecule has 1 heterocycles. The van der Waals surface area contributed by atoms with E-state index in [0.717, 1.165) is 42.7 Å². The van der Waals surface area contributed by atoms with Gasteiger partial charge in [-0.25, -0.2) is 10.0 Å². The number of anilines is 1. The van der Waals surface area contributed by atoms with Crippen LogP contribution >= 0.6 is 0 Å². The predicted molar refractivity (Wildman–Crippen MR) is 131 cm³/mol. The molecule has 4 nitrogen and oxygen atoms in total. The number of para-hydroxylation sites is 1. The number of rotatable bonds is 9. The van der Waals surface area contributed by atoms with Crippen LogP contribution in [0.15, 0.2) is 84.9 Å². The van der Waals surface area contributed by atoms with Crippen molar-refractivity contribution in [1.29, 1.82) is 0 Å². The third kappa shape index (κ3) is 4.08. The number of benzene rings is 3. The second-order valence-corrected chi connectivity index (χ2v) is 8.78. The quantitative estimate of drug-likeness (QED) is 0.475. The van der Waals surface area contributed by atoms with Gasteiger partial charge in [-0.05, 0) is 56.2 Å². The summed E-state index contributed by atoms with van der Waals surface area (Å²) in [7, 11) is 4.18. The molecule has 3 aromatic rings. The average Bonchev–Trinajstić information content (AvgIpc) is 3.07. The average molecular weight is 428 g/mol. The van der Waals surface area contributed by atoms with E-state index in [0.29, 0.717) is 6.54 Å². The van der Waals surface area contributed by atoms with Gasteiger partial charge in [-0.3, -0.25) is 4.79 Å². The number of hydrogen-bond donors (Lipinski definition) is 0. The predicted octanol–water partition coefficient (Wildman–Crippen LogP) is 5.10. The Balaban J connectivity index is 1.80. The molecule has 3 aromatic carbocycles. The Hall–Kier alpha value is -2.95. The highest BCUT2D eigenvalue weighted by Gasteiger charge is 2.52. The standard InChI is InChI=1S/C28H33N3O/c1-4-30(22-23-14-7-5-8-15-23)31-26-19-12-11-18-25(26)28(27(31)32,20-13-21-29(2)3)24-16-9-6-10-17-24/h5-12,14-19H,4,13,20-22H2,1-3H3/t28-/m0/s1. The lowest BCUT2D eigenvalue weighted by Gasteiger charge is -2.34. The molecule has 0 bridgehead atoms. The smallest absolute Gasteiger partial charge is 0.256 e. The van der Waals surface area contributed by atoms with Crippen molar-refractivity contribution in [2.45, 2.75) is 31.7 Å². The Morgan fingerprint density at radius 1 is 0.844 bits per heavy atom. The normalized spacial score (nSPS) is 17.9. The Morgan fingerprint density at radius 3 is 2.12 bits per heavy atom. The lowest BCUT2D eigenvalue weighted by atomic mass is 9.72. The summed E-state index contributed by atoms with van der Waals surface area (Å²) in [6.07, 6.45) is 1.73. The third-order valence-electron chi connectivity index (χ3n) is 6.43. The Morgan fingerprint density at radius 2 is 1.47 bits per heavy atom. The van der Waals surface area contributed by atoms with Crippen molar-refractivity contribution in [3.63, 3.8) is 0 Å². The second-order valence-electron chi connectivity index (χ2n) is 8.78. The van der Waals surface area contributed by atoms with E-state index in [2.05, 4.69) is 85.5 Å². The summed E-state index contributed by atoms with van der Waals surface area (Å²) in [4.78, 5) is 16.6. The number of carbonyl (C=O) groups excluding carboxylic acids is 1. The van der Waals surface area contributed by atoms with E-state index in [1.807, 2.05) is 35.3 Å². The zero-order valence-electron chi connectivity index (χ0n) is 19.4. The van der Waals surface area contributed by atoms with Gasteiger partial charge in [-0.2, -0.15) is 0 Å². The summed E-state index contributed by atoms with van der Waals surface area (Å²) in [5, 5.41) is 4.12. The van der Waals surface area contributed by atoms with Gasteiger partial charge in [0.15, 0.2) is 0 Å². The molecule has 4 heteroatoms. The highest BCUT2D eigenvalue weighted by Crippen LogP contribution is 2.49. The van der Waals surface area contributed by atoms with Gasteiger partial charge in [0.2, 0.25) is 0 Å². The molecule has 32 heavy (non-hydrogen) atoms. The maximum Gasteiger partial charge on any atom is 0.256 e. The number of amides is 1. The van der Waals surface area contributed by atoms with Crippen LogP contribution < -0.4 is 5.01 Å². The molecular weight excluding hydrogens is 394 g/mol. The van der Waals surface area contributed by atoms with Gasteiger partial charge in [0.05, 0.1) is 5.69 Å². The van der Waals surface area contributed by atoms with Crippen molar-refractivity contribution in [2.75, 3.05) is 32.2 Å². The van der Waals surface area contributed by atoms with Gasteiger partial charge < -0.3 is 4.90 Å². The first-order valence-corrected chi connectivity index (χ1v) is 11.5. The summed E-state index contributed by atoms with van der Waals surface area (Å²) in [5.74, 6) is 0.154. The van der Waals surface area contributed by atoms with Crippen molar-refractivity contribution in [2.24, 2.45) is 0 Å². The van der Waals surface area contributed by atoms with Crippen LogP contribution in [0.25, 0.3) is 0 Å². The third-order valence-corrected chi connectivity index (χ3v) is 6.43. The first-order valence-electron chi connectivity index (χ1n) is 11.5. The largest absolute Gasteiger partial charge is 0.309 e. The number of hydrogen-bond acceptors (Lipinski definition) is 3. The molecule has 0 unspecified atom stereocenters. The van der Waals surface area contributed by atoms with Crippen molar-refractivity contribution < 1.29 is 4.79 Å². The zero-order chi connectivity index (χ0) is 22.6. The molecule has 0 aromatic heterocycles. The molecule has 4 rings (SSSR count). The van der Waals surface area contributed by atoms with Gasteiger partial charge >= 0.3 is 0 Å². The fourth-order valence-electron chi connectivity index (χ4n) is 4.87. The number of fused-ring (bicyclic) bond motifs is 1. The van der Waals surface area contributed by atoms with E-state index in [9.17, 15) is 4.79 Å². The summed E-state index contributed by atoms with van der Waals surface area (Å²) < 4.78 is 0. The second kappa shape index (κ2) is 9.68. The van der Waals surface area contributed by atoms with Crippen LogP contribution in [0.4, 0.5) is 5.69 Å². The molecule has 166 valence electrons. The summed E-state index contributed by atoms with van der Waals surface area (Å²) in [5.41, 5.74) is 3.72. The van der Waals surface area contributed by atoms with Crippen molar-refractivity contribution >= 4 is 11.6 Å². The molecule has 0 N–H and O–H groups in total. The first kappa shape index (κ1) is 22.3. The number of carbonyl (C=O) groups is 1. The maximum atomic E-state index is 14.4. The van der Waals surface area contributed by atoms with E-state index in [1.165, 1.54) is 5.56 Å². The number of hydrazine groups is 1. The van der Waals surface area contributed by atoms with E-state index in [4.69, 9.17) is 0 Å². The topological polar surface area (TPSA) is 26.8 Å². The van der Waals surface area contributed by atoms with Gasteiger partial charge in [0, 0.05) is 13.1 Å². The van der Waals surface area contributed by atoms with E-state index in [1.54, 1.807) is 0 Å². The maximum absolute atomic E-state index is 14.4. The van der Waals surface area contributed by atoms with Crippen LogP contribution in [-0.2, 0) is 16.8 Å². The van der Waals surface area contributed by atoms with Crippen LogP contribution in [0.2, 0.25) is 0 Å². The minimum atomic E-state index is -0.669. The fourth-order valence-corrected chi connectivity index (χ4v) is 4.87. The van der Waals surface area contributed by atoms with Crippen LogP contribution in [-0.4, -0.2) is 43.0 Å². The number of nitrogens with zero attached hydrogens (tertiary/aromatic N) is 3. The summed E-state index contributed by atoms with van der Waals surface area (Å²) in [6.45, 7) is 4.51. The molecule has 0 aliphatic carbocycles. The minimum Gasteiger partial charge on any atom is -0.309 e. The molecule has 1 aliphatic heterocycles. The van der Waals surface area contributed by atoms with Crippen molar-refractivity contribution in [3.8, 4) is 0 Å². The van der Waals surface area contributed by atoms with Gasteiger partial charge in [0.25, 0.3) is 5.91 Å². The summed E-state index contributed by atoms with van der Waals surface area (Å²) in [6, 6.07) is 29.1. The van der Waals surface area contributed by atoms with Crippen molar-refractivity contribution in [1.82, 2.24) is 9.91 Å². The monoisotopic (exact) mass is 427 g/mol. The van der Waals surface area contributed by atoms with Crippen LogP contribution in [0.1, 0.15) is 36.5 Å². The van der Waals surface area contributed by atoms with Gasteiger partial charge in [-0.15, -0.1) is 0 Å². The zero-order valence-corrected chi connectivity index (χ0v) is 19.4. The van der Waals surface area contributed by atoms with Crippen LogP contribution in [0.3, 0.4) is 0 Å². The highest BCUT2D eigenvalue weighted by molar-refractivity contribution is 6.09. The SMILES string of the molecule is CCN(Cc1ccccc1)N1C(=O)[C@@](CCCN(C)C)(c2ccccc2)c2ccccc21. The molecule has 0 saturated heterocycles. The molecule has 0 fully saturated rings. The highest BCUT2D eigenvalue weighted by atomic mass is 16.2. The lowest BCUT2D eigenvalue weighted by molar-refractivity contribution is -0.125. The molecule has 1 aliphatic rings. The Kier molecular flexibility index (Phi) is 6.73. The lowest BCUT2D eigenvalue weighted by Crippen LogP contribution is -2.50.